The fourth-order valence-electron chi connectivity index (χ4n) is 14.2. The Morgan fingerprint density at radius 3 is 1.07 bits per heavy atom. The van der Waals surface area contributed by atoms with Crippen LogP contribution in [-0.2, 0) is 5.41 Å². The van der Waals surface area contributed by atoms with Crippen LogP contribution in [0, 0.1) is 13.8 Å². The van der Waals surface area contributed by atoms with Crippen molar-refractivity contribution in [1.29, 1.82) is 0 Å². The van der Waals surface area contributed by atoms with Crippen LogP contribution in [-0.4, -0.2) is 4.57 Å². The Kier molecular flexibility index (Phi) is 14.0. The molecule has 3 heteroatoms. The molecule has 92 heavy (non-hydrogen) atoms. The zero-order chi connectivity index (χ0) is 61.9. The number of hydrogen-bond donors (Lipinski definition) is 0. The molecule has 0 fully saturated rings. The van der Waals surface area contributed by atoms with Crippen molar-refractivity contribution in [3.8, 4) is 83.6 Å². The number of nitrogens with zero attached hydrogens (tertiary/aromatic N) is 3. The van der Waals surface area contributed by atoms with Crippen LogP contribution in [0.4, 0.5) is 34.1 Å². The topological polar surface area (TPSA) is 11.4 Å². The van der Waals surface area contributed by atoms with Crippen LogP contribution in [0.1, 0.15) is 36.1 Å². The third kappa shape index (κ3) is 10.1. The van der Waals surface area contributed by atoms with Gasteiger partial charge >= 0.3 is 0 Å². The molecule has 0 spiro atoms. The number of anilines is 6. The van der Waals surface area contributed by atoms with Gasteiger partial charge in [-0.05, 0) is 218 Å². The van der Waals surface area contributed by atoms with E-state index in [0.29, 0.717) is 0 Å². The maximum Gasteiger partial charge on any atom is 0.0541 e. The van der Waals surface area contributed by atoms with Crippen LogP contribution in [0.5, 0.6) is 0 Å². The molecule has 3 nitrogen and oxygen atoms in total. The van der Waals surface area contributed by atoms with E-state index in [-0.39, 0.29) is 5.41 Å². The van der Waals surface area contributed by atoms with Gasteiger partial charge in [-0.2, -0.15) is 0 Å². The molecule has 0 atom stereocenters. The van der Waals surface area contributed by atoms with E-state index < -0.39 is 0 Å². The molecule has 0 radical (unpaired) electrons. The Bertz CT molecular complexity index is 5060. The third-order valence-corrected chi connectivity index (χ3v) is 18.9. The molecule has 16 rings (SSSR count). The highest BCUT2D eigenvalue weighted by atomic mass is 15.2. The second kappa shape index (κ2) is 23.1. The van der Waals surface area contributed by atoms with Crippen LogP contribution in [0.3, 0.4) is 0 Å². The lowest BCUT2D eigenvalue weighted by atomic mass is 9.78. The molecule has 1 heterocycles. The van der Waals surface area contributed by atoms with Crippen molar-refractivity contribution in [1.82, 2.24) is 4.57 Å². The lowest BCUT2D eigenvalue weighted by Gasteiger charge is -2.31. The summed E-state index contributed by atoms with van der Waals surface area (Å²) in [5.41, 5.74) is 31.2. The Hall–Kier alpha value is -11.5. The Morgan fingerprint density at radius 2 is 0.598 bits per heavy atom. The van der Waals surface area contributed by atoms with Crippen molar-refractivity contribution >= 4 is 55.9 Å². The lowest BCUT2D eigenvalue weighted by molar-refractivity contribution is 0.662. The van der Waals surface area contributed by atoms with Gasteiger partial charge in [0.25, 0.3) is 0 Å². The van der Waals surface area contributed by atoms with Gasteiger partial charge in [-0.1, -0.05) is 243 Å². The summed E-state index contributed by atoms with van der Waals surface area (Å²) in [7, 11) is 0. The van der Waals surface area contributed by atoms with Gasteiger partial charge in [-0.15, -0.1) is 0 Å². The molecule has 0 saturated heterocycles. The normalized spacial score (nSPS) is 12.2. The highest BCUT2D eigenvalue weighted by Gasteiger charge is 2.38. The Morgan fingerprint density at radius 1 is 0.250 bits per heavy atom. The molecule has 14 aromatic carbocycles. The van der Waals surface area contributed by atoms with E-state index in [1.54, 1.807) is 0 Å². The van der Waals surface area contributed by atoms with Gasteiger partial charge in [0, 0.05) is 56.0 Å². The van der Waals surface area contributed by atoms with Gasteiger partial charge in [-0.25, -0.2) is 0 Å². The zero-order valence-corrected chi connectivity index (χ0v) is 52.1. The summed E-state index contributed by atoms with van der Waals surface area (Å²) in [5.74, 6) is 0. The molecular formula is C89H67N3. The van der Waals surface area contributed by atoms with E-state index in [4.69, 9.17) is 0 Å². The summed E-state index contributed by atoms with van der Waals surface area (Å²) in [6.07, 6.45) is 0. The van der Waals surface area contributed by atoms with Crippen molar-refractivity contribution in [2.75, 3.05) is 9.80 Å². The summed E-state index contributed by atoms with van der Waals surface area (Å²) in [6.45, 7) is 9.16. The van der Waals surface area contributed by atoms with E-state index >= 15 is 0 Å². The van der Waals surface area contributed by atoms with Crippen molar-refractivity contribution in [3.05, 3.63) is 356 Å². The minimum absolute atomic E-state index is 0.307. The van der Waals surface area contributed by atoms with Crippen molar-refractivity contribution in [2.45, 2.75) is 33.1 Å². The van der Waals surface area contributed by atoms with Crippen molar-refractivity contribution in [3.63, 3.8) is 0 Å². The van der Waals surface area contributed by atoms with Crippen molar-refractivity contribution < 1.29 is 0 Å². The minimum atomic E-state index is -0.307. The SMILES string of the molecule is Cc1ccc(N(c2ccc(C)cc2)c2cc(-c3cc(-c4ccc5c(c4)c4cc(-c6ccccc6)ccc4n5-c4ccc(-c5ccccc5)cc4)c4c(c3)-c3ccccc3C4(C)C)cc(N(c3ccc(-c4ccccc4)cc3)c3ccc(-c4ccccc4)cc3)c2)cc1. The largest absolute Gasteiger partial charge is 0.310 e. The molecule has 1 aromatic heterocycles. The summed E-state index contributed by atoms with van der Waals surface area (Å²) in [6, 6.07) is 123. The van der Waals surface area contributed by atoms with Gasteiger partial charge < -0.3 is 14.4 Å². The van der Waals surface area contributed by atoms with E-state index in [9.17, 15) is 0 Å². The first kappa shape index (κ1) is 55.8. The van der Waals surface area contributed by atoms with Crippen molar-refractivity contribution in [2.24, 2.45) is 0 Å². The predicted molar refractivity (Wildman–Crippen MR) is 390 cm³/mol. The molecule has 0 unspecified atom stereocenters. The molecule has 0 amide bonds. The predicted octanol–water partition coefficient (Wildman–Crippen LogP) is 24.6. The van der Waals surface area contributed by atoms with Gasteiger partial charge in [-0.3, -0.25) is 0 Å². The highest BCUT2D eigenvalue weighted by molar-refractivity contribution is 6.12. The number of benzene rings is 14. The van der Waals surface area contributed by atoms with Crippen LogP contribution in [0.25, 0.3) is 105 Å². The number of hydrogen-bond acceptors (Lipinski definition) is 2. The summed E-state index contributed by atoms with van der Waals surface area (Å²) < 4.78 is 2.45. The fourth-order valence-corrected chi connectivity index (χ4v) is 14.2. The standard InChI is InChI=1S/C89H67N3/c1-60-29-41-73(42-30-60)90(74-43-31-61(2)32-44-74)78-53-71(54-79(59-78)91(75-45-33-66(34-46-75)62-19-9-5-10-20-62)76-47-35-67(36-48-76)63-21-11-6-12-22-63)72-57-81(88-84(58-72)80-27-17-18-28-85(80)89(88,3)4)70-40-52-87-83(56-70)82-55-69(65-25-15-8-16-26-65)39-51-86(82)92(87)77-49-37-68(38-50-77)64-23-13-7-14-24-64/h5-59H,1-4H3. The maximum atomic E-state index is 2.50. The molecule has 15 aromatic rings. The van der Waals surface area contributed by atoms with Gasteiger partial charge in [0.1, 0.15) is 0 Å². The first-order valence-electron chi connectivity index (χ1n) is 32.0. The van der Waals surface area contributed by atoms with Gasteiger partial charge in [0.05, 0.1) is 11.0 Å². The Labute approximate surface area is 539 Å². The van der Waals surface area contributed by atoms with Crippen LogP contribution >= 0.6 is 0 Å². The molecule has 438 valence electrons. The van der Waals surface area contributed by atoms with Crippen LogP contribution in [0.15, 0.2) is 334 Å². The fraction of sp³-hybridized carbons (Fsp3) is 0.0562. The van der Waals surface area contributed by atoms with Crippen LogP contribution in [0.2, 0.25) is 0 Å². The molecule has 1 aliphatic carbocycles. The quantitative estimate of drug-likeness (QED) is 0.114. The summed E-state index contributed by atoms with van der Waals surface area (Å²) in [4.78, 5) is 4.87. The number of rotatable bonds is 13. The number of aryl methyl sites for hydroxylation is 2. The second-order valence-electron chi connectivity index (χ2n) is 25.1. The van der Waals surface area contributed by atoms with Crippen LogP contribution < -0.4 is 9.80 Å². The molecular weight excluding hydrogens is 1110 g/mol. The smallest absolute Gasteiger partial charge is 0.0541 e. The molecule has 0 bridgehead atoms. The minimum Gasteiger partial charge on any atom is -0.310 e. The first-order chi connectivity index (χ1) is 45.2. The monoisotopic (exact) mass is 1180 g/mol. The second-order valence-corrected chi connectivity index (χ2v) is 25.1. The highest BCUT2D eigenvalue weighted by Crippen LogP contribution is 2.55. The van der Waals surface area contributed by atoms with E-state index in [1.807, 2.05) is 0 Å². The summed E-state index contributed by atoms with van der Waals surface area (Å²) >= 11 is 0. The van der Waals surface area contributed by atoms with Gasteiger partial charge in [0.15, 0.2) is 0 Å². The average molecular weight is 1180 g/mol. The molecule has 1 aliphatic rings. The summed E-state index contributed by atoms with van der Waals surface area (Å²) in [5, 5.41) is 2.42. The van der Waals surface area contributed by atoms with E-state index in [2.05, 4.69) is 376 Å². The maximum absolute atomic E-state index is 2.50. The lowest BCUT2D eigenvalue weighted by Crippen LogP contribution is -2.16. The number of fused-ring (bicyclic) bond motifs is 6. The van der Waals surface area contributed by atoms with E-state index in [0.717, 1.165) is 56.5 Å². The Balaban J connectivity index is 0.941. The average Bonchev–Trinajstić information content (AvgIpc) is 1.53. The number of aromatic nitrogens is 1. The third-order valence-electron chi connectivity index (χ3n) is 18.9. The zero-order valence-electron chi connectivity index (χ0n) is 52.1. The molecule has 0 saturated carbocycles. The first-order valence-corrected chi connectivity index (χ1v) is 32.0. The molecule has 0 N–H and O–H groups in total. The van der Waals surface area contributed by atoms with E-state index in [1.165, 1.54) is 105 Å². The van der Waals surface area contributed by atoms with Gasteiger partial charge in [0.2, 0.25) is 0 Å². The molecule has 0 aliphatic heterocycles.